The van der Waals surface area contributed by atoms with Crippen molar-refractivity contribution in [3.8, 4) is 5.88 Å². The Morgan fingerprint density at radius 1 is 1.21 bits per heavy atom. The van der Waals surface area contributed by atoms with Crippen molar-refractivity contribution in [2.24, 2.45) is 0 Å². The number of hydrogen-bond acceptors (Lipinski definition) is 6. The third-order valence-electron chi connectivity index (χ3n) is 3.99. The third kappa shape index (κ3) is 5.20. The lowest BCUT2D eigenvalue weighted by molar-refractivity contribution is -0.110. The number of carbonyl (C=O) groups is 1. The number of nitrogens with one attached hydrogen (secondary N) is 1. The second kappa shape index (κ2) is 9.70. The summed E-state index contributed by atoms with van der Waals surface area (Å²) in [6.07, 6.45) is 4.40. The minimum Gasteiger partial charge on any atom is -0.481 e. The molecule has 1 aromatic carbocycles. The summed E-state index contributed by atoms with van der Waals surface area (Å²) in [4.78, 5) is 31.6. The van der Waals surface area contributed by atoms with E-state index in [0.717, 1.165) is 11.1 Å². The summed E-state index contributed by atoms with van der Waals surface area (Å²) in [5, 5.41) is 3.18. The van der Waals surface area contributed by atoms with E-state index >= 15 is 0 Å². The van der Waals surface area contributed by atoms with Crippen LogP contribution in [-0.2, 0) is 23.6 Å². The van der Waals surface area contributed by atoms with E-state index in [0.29, 0.717) is 35.2 Å². The number of pyridine rings is 1. The van der Waals surface area contributed by atoms with E-state index in [2.05, 4.69) is 15.3 Å². The summed E-state index contributed by atoms with van der Waals surface area (Å²) in [6.45, 7) is 0.237. The molecule has 0 bridgehead atoms. The zero-order valence-corrected chi connectivity index (χ0v) is 16.2. The number of ether oxygens (including phenoxy) is 1. The van der Waals surface area contributed by atoms with Crippen LogP contribution >= 0.6 is 11.8 Å². The van der Waals surface area contributed by atoms with Crippen LogP contribution < -0.4 is 15.6 Å². The minimum absolute atomic E-state index is 0.237. The van der Waals surface area contributed by atoms with E-state index in [1.54, 1.807) is 30.1 Å². The molecule has 2 aromatic heterocycles. The molecule has 2 heterocycles. The summed E-state index contributed by atoms with van der Waals surface area (Å²) >= 11 is 1.45. The Kier molecular flexibility index (Phi) is 6.80. The van der Waals surface area contributed by atoms with Crippen LogP contribution in [0.4, 0.5) is 0 Å². The molecule has 0 atom stereocenters. The number of aromatic nitrogens is 3. The van der Waals surface area contributed by atoms with Crippen molar-refractivity contribution in [3.63, 3.8) is 0 Å². The molecule has 0 saturated carbocycles. The van der Waals surface area contributed by atoms with Crippen molar-refractivity contribution in [2.45, 2.75) is 24.0 Å². The van der Waals surface area contributed by atoms with Gasteiger partial charge in [-0.25, -0.2) is 4.98 Å². The van der Waals surface area contributed by atoms with Gasteiger partial charge in [0, 0.05) is 36.2 Å². The molecule has 28 heavy (non-hydrogen) atoms. The second-order valence-corrected chi connectivity index (χ2v) is 6.90. The molecule has 1 amide bonds. The van der Waals surface area contributed by atoms with Gasteiger partial charge >= 0.3 is 0 Å². The topological polar surface area (TPSA) is 86.1 Å². The number of nitrogens with zero attached hydrogens (tertiary/aromatic N) is 3. The Labute approximate surface area is 166 Å². The van der Waals surface area contributed by atoms with Gasteiger partial charge in [-0.15, -0.1) is 0 Å². The zero-order chi connectivity index (χ0) is 19.8. The van der Waals surface area contributed by atoms with Gasteiger partial charge in [-0.3, -0.25) is 9.59 Å². The van der Waals surface area contributed by atoms with Crippen LogP contribution in [0.3, 0.4) is 0 Å². The van der Waals surface area contributed by atoms with Crippen LogP contribution in [0.5, 0.6) is 5.88 Å². The molecule has 144 valence electrons. The van der Waals surface area contributed by atoms with Gasteiger partial charge in [0.15, 0.2) is 5.16 Å². The number of rotatable bonds is 9. The van der Waals surface area contributed by atoms with Crippen molar-refractivity contribution in [3.05, 3.63) is 81.9 Å². The highest BCUT2D eigenvalue weighted by Gasteiger charge is 2.11. The molecule has 3 rings (SSSR count). The van der Waals surface area contributed by atoms with Gasteiger partial charge < -0.3 is 14.6 Å². The van der Waals surface area contributed by atoms with Gasteiger partial charge in [0.05, 0.1) is 13.8 Å². The van der Waals surface area contributed by atoms with Crippen molar-refractivity contribution in [1.82, 2.24) is 19.9 Å². The third-order valence-corrected chi connectivity index (χ3v) is 5.05. The van der Waals surface area contributed by atoms with E-state index < -0.39 is 0 Å². The summed E-state index contributed by atoms with van der Waals surface area (Å²) < 4.78 is 6.91. The first-order valence-corrected chi connectivity index (χ1v) is 9.61. The predicted octanol–water partition coefficient (Wildman–Crippen LogP) is 2.23. The maximum atomic E-state index is 12.6. The number of benzene rings is 1. The molecule has 0 fully saturated rings. The molecule has 0 aliphatic heterocycles. The molecule has 3 aromatic rings. The zero-order valence-electron chi connectivity index (χ0n) is 15.4. The van der Waals surface area contributed by atoms with Crippen molar-refractivity contribution < 1.29 is 9.53 Å². The van der Waals surface area contributed by atoms with Gasteiger partial charge in [-0.05, 0) is 17.2 Å². The van der Waals surface area contributed by atoms with Gasteiger partial charge in [0.25, 0.3) is 5.56 Å². The highest BCUT2D eigenvalue weighted by molar-refractivity contribution is 7.98. The van der Waals surface area contributed by atoms with E-state index in [1.807, 2.05) is 36.4 Å². The maximum Gasteiger partial charge on any atom is 0.277 e. The lowest BCUT2D eigenvalue weighted by atomic mass is 10.1. The van der Waals surface area contributed by atoms with Gasteiger partial charge in [0.1, 0.15) is 0 Å². The first-order chi connectivity index (χ1) is 13.7. The van der Waals surface area contributed by atoms with Crippen LogP contribution in [-0.4, -0.2) is 28.1 Å². The van der Waals surface area contributed by atoms with E-state index in [1.165, 1.54) is 11.8 Å². The Balaban J connectivity index is 1.85. The lowest BCUT2D eigenvalue weighted by Gasteiger charge is -2.13. The fourth-order valence-corrected chi connectivity index (χ4v) is 3.54. The fourth-order valence-electron chi connectivity index (χ4n) is 2.62. The maximum absolute atomic E-state index is 12.6. The first kappa shape index (κ1) is 19.6. The van der Waals surface area contributed by atoms with E-state index in [9.17, 15) is 9.59 Å². The summed E-state index contributed by atoms with van der Waals surface area (Å²) in [5.74, 6) is 1.17. The van der Waals surface area contributed by atoms with Crippen LogP contribution in [0.15, 0.2) is 64.8 Å². The highest BCUT2D eigenvalue weighted by atomic mass is 32.2. The van der Waals surface area contributed by atoms with Crippen molar-refractivity contribution in [2.75, 3.05) is 7.11 Å². The molecular weight excluding hydrogens is 376 g/mol. The Bertz CT molecular complexity index is 992. The quantitative estimate of drug-likeness (QED) is 0.339. The summed E-state index contributed by atoms with van der Waals surface area (Å²) in [7, 11) is 1.55. The number of carbonyl (C=O) groups excluding carboxylic acids is 1. The molecular formula is C20H20N4O3S. The highest BCUT2D eigenvalue weighted by Crippen LogP contribution is 2.20. The number of methoxy groups -OCH3 is 1. The Morgan fingerprint density at radius 3 is 2.79 bits per heavy atom. The number of amides is 1. The SMILES string of the molecule is COc1cc(Cc2cn(CNC=O)c(SCc3ccccc3)nc2=O)ccn1. The monoisotopic (exact) mass is 396 g/mol. The average molecular weight is 396 g/mol. The van der Waals surface area contributed by atoms with Crippen molar-refractivity contribution >= 4 is 18.2 Å². The largest absolute Gasteiger partial charge is 0.481 e. The molecule has 7 nitrogen and oxygen atoms in total. The second-order valence-electron chi connectivity index (χ2n) is 5.96. The van der Waals surface area contributed by atoms with Gasteiger partial charge in [-0.1, -0.05) is 42.1 Å². The molecule has 1 N–H and O–H groups in total. The summed E-state index contributed by atoms with van der Waals surface area (Å²) in [5.41, 5.74) is 2.27. The van der Waals surface area contributed by atoms with E-state index in [-0.39, 0.29) is 12.2 Å². The summed E-state index contributed by atoms with van der Waals surface area (Å²) in [6, 6.07) is 13.5. The van der Waals surface area contributed by atoms with Crippen molar-refractivity contribution in [1.29, 1.82) is 0 Å². The van der Waals surface area contributed by atoms with E-state index in [4.69, 9.17) is 4.74 Å². The average Bonchev–Trinajstić information content (AvgIpc) is 2.73. The molecule has 8 heteroatoms. The van der Waals surface area contributed by atoms with Gasteiger partial charge in [-0.2, -0.15) is 4.98 Å². The minimum atomic E-state index is -0.284. The van der Waals surface area contributed by atoms with Crippen LogP contribution in [0.1, 0.15) is 16.7 Å². The fraction of sp³-hybridized carbons (Fsp3) is 0.200. The van der Waals surface area contributed by atoms with Crippen LogP contribution in [0, 0.1) is 0 Å². The lowest BCUT2D eigenvalue weighted by Crippen LogP contribution is -2.24. The van der Waals surface area contributed by atoms with Crippen LogP contribution in [0.25, 0.3) is 0 Å². The predicted molar refractivity (Wildman–Crippen MR) is 107 cm³/mol. The molecule has 0 saturated heterocycles. The Morgan fingerprint density at radius 2 is 2.04 bits per heavy atom. The molecule has 0 aliphatic carbocycles. The first-order valence-electron chi connectivity index (χ1n) is 8.62. The normalized spacial score (nSPS) is 10.5. The number of thioether (sulfide) groups is 1. The molecule has 0 spiro atoms. The molecule has 0 unspecified atom stereocenters. The smallest absolute Gasteiger partial charge is 0.277 e. The molecule has 0 aliphatic rings. The molecule has 0 radical (unpaired) electrons. The Hall–Kier alpha value is -3.13. The van der Waals surface area contributed by atoms with Crippen LogP contribution in [0.2, 0.25) is 0 Å². The van der Waals surface area contributed by atoms with Gasteiger partial charge in [0.2, 0.25) is 12.3 Å². The number of hydrogen-bond donors (Lipinski definition) is 1. The standard InChI is InChI=1S/C20H20N4O3S/c1-27-18-10-16(7-8-22-18)9-17-11-24(13-21-14-25)20(23-19(17)26)28-12-15-5-3-2-4-6-15/h2-8,10-11,14H,9,12-13H2,1H3,(H,21,25).